The first-order chi connectivity index (χ1) is 8.39. The fourth-order valence-corrected chi connectivity index (χ4v) is 4.14. The van der Waals surface area contributed by atoms with Gasteiger partial charge in [0, 0.05) is 59.5 Å². The summed E-state index contributed by atoms with van der Waals surface area (Å²) in [5, 5.41) is 0. The molecule has 2 aliphatic rings. The normalized spacial score (nSPS) is 37.4. The summed E-state index contributed by atoms with van der Waals surface area (Å²) in [6, 6.07) is 0. The number of nitrogens with two attached hydrogens (primary N) is 1. The Morgan fingerprint density at radius 3 is 2.50 bits per heavy atom. The van der Waals surface area contributed by atoms with Gasteiger partial charge >= 0.3 is 0 Å². The molecule has 0 amide bonds. The van der Waals surface area contributed by atoms with E-state index in [0.29, 0.717) is 0 Å². The summed E-state index contributed by atoms with van der Waals surface area (Å²) in [5.74, 6) is 1.59. The number of hydrogen-bond donors (Lipinski definition) is 1. The molecule has 4 nitrogen and oxygen atoms in total. The maximum atomic E-state index is 11.4. The highest BCUT2D eigenvalue weighted by atomic mass is 32.2. The standard InChI is InChI=1S/C13H26N2O2S/c1-4-17-11-9-13(14,12(11,2)3)10-15-5-7-18(16)8-6-15/h11H,4-10,14H2,1-3H3. The van der Waals surface area contributed by atoms with Crippen molar-refractivity contribution in [2.45, 2.75) is 38.8 Å². The Morgan fingerprint density at radius 1 is 1.39 bits per heavy atom. The van der Waals surface area contributed by atoms with E-state index in [2.05, 4.69) is 18.7 Å². The molecule has 1 aliphatic carbocycles. The molecule has 0 radical (unpaired) electrons. The lowest BCUT2D eigenvalue weighted by molar-refractivity contribution is -0.156. The molecule has 2 fully saturated rings. The van der Waals surface area contributed by atoms with Gasteiger partial charge in [-0.15, -0.1) is 0 Å². The van der Waals surface area contributed by atoms with Crippen LogP contribution in [0.1, 0.15) is 27.2 Å². The number of hydrogen-bond acceptors (Lipinski definition) is 4. The van der Waals surface area contributed by atoms with Crippen LogP contribution < -0.4 is 5.73 Å². The lowest BCUT2D eigenvalue weighted by Gasteiger charge is -2.60. The molecule has 106 valence electrons. The van der Waals surface area contributed by atoms with E-state index >= 15 is 0 Å². The van der Waals surface area contributed by atoms with Gasteiger partial charge in [0.05, 0.1) is 6.10 Å². The molecule has 2 atom stereocenters. The topological polar surface area (TPSA) is 55.6 Å². The van der Waals surface area contributed by atoms with Crippen LogP contribution in [0.15, 0.2) is 0 Å². The van der Waals surface area contributed by atoms with Crippen LogP contribution in [0.25, 0.3) is 0 Å². The van der Waals surface area contributed by atoms with E-state index in [1.54, 1.807) is 0 Å². The number of rotatable bonds is 4. The van der Waals surface area contributed by atoms with Gasteiger partial charge in [0.1, 0.15) is 0 Å². The predicted octanol–water partition coefficient (Wildman–Crippen LogP) is 0.583. The van der Waals surface area contributed by atoms with Gasteiger partial charge in [0.15, 0.2) is 0 Å². The fourth-order valence-electron chi connectivity index (χ4n) is 3.01. The van der Waals surface area contributed by atoms with E-state index in [1.807, 2.05) is 6.92 Å². The highest BCUT2D eigenvalue weighted by molar-refractivity contribution is 7.85. The van der Waals surface area contributed by atoms with Gasteiger partial charge in [-0.25, -0.2) is 0 Å². The predicted molar refractivity (Wildman–Crippen MR) is 75.0 cm³/mol. The Hall–Kier alpha value is 0.0300. The summed E-state index contributed by atoms with van der Waals surface area (Å²) in [6.07, 6.45) is 1.22. The van der Waals surface area contributed by atoms with Crippen molar-refractivity contribution in [1.29, 1.82) is 0 Å². The van der Waals surface area contributed by atoms with Crippen LogP contribution in [0.4, 0.5) is 0 Å². The van der Waals surface area contributed by atoms with Crippen molar-refractivity contribution in [1.82, 2.24) is 4.90 Å². The molecular weight excluding hydrogens is 248 g/mol. The second-order valence-corrected chi connectivity index (χ2v) is 7.85. The lowest BCUT2D eigenvalue weighted by atomic mass is 9.54. The summed E-state index contributed by atoms with van der Waals surface area (Å²) < 4.78 is 17.1. The molecule has 0 aromatic heterocycles. The van der Waals surface area contributed by atoms with Gasteiger partial charge in [0.25, 0.3) is 0 Å². The molecule has 1 aliphatic heterocycles. The molecule has 0 bridgehead atoms. The minimum Gasteiger partial charge on any atom is -0.378 e. The van der Waals surface area contributed by atoms with E-state index in [1.165, 1.54) is 0 Å². The van der Waals surface area contributed by atoms with Gasteiger partial charge in [-0.2, -0.15) is 0 Å². The molecule has 1 saturated carbocycles. The van der Waals surface area contributed by atoms with Crippen LogP contribution >= 0.6 is 0 Å². The van der Waals surface area contributed by atoms with Gasteiger partial charge in [-0.1, -0.05) is 13.8 Å². The molecule has 1 saturated heterocycles. The van der Waals surface area contributed by atoms with Crippen molar-refractivity contribution in [2.75, 3.05) is 37.7 Å². The Morgan fingerprint density at radius 2 is 2.00 bits per heavy atom. The molecule has 1 heterocycles. The third kappa shape index (κ3) is 2.50. The zero-order valence-electron chi connectivity index (χ0n) is 11.8. The van der Waals surface area contributed by atoms with Crippen molar-refractivity contribution < 1.29 is 8.95 Å². The van der Waals surface area contributed by atoms with Crippen molar-refractivity contribution in [2.24, 2.45) is 11.1 Å². The molecule has 2 N–H and O–H groups in total. The third-order valence-corrected chi connectivity index (χ3v) is 6.06. The second kappa shape index (κ2) is 5.19. The van der Waals surface area contributed by atoms with Crippen LogP contribution in [-0.4, -0.2) is 58.5 Å². The molecule has 18 heavy (non-hydrogen) atoms. The Kier molecular flexibility index (Phi) is 4.17. The third-order valence-electron chi connectivity index (χ3n) is 4.78. The monoisotopic (exact) mass is 274 g/mol. The number of nitrogens with zero attached hydrogens (tertiary/aromatic N) is 1. The minimum atomic E-state index is -0.610. The van der Waals surface area contributed by atoms with Crippen LogP contribution in [0.5, 0.6) is 0 Å². The second-order valence-electron chi connectivity index (χ2n) is 6.15. The number of ether oxygens (including phenoxy) is 1. The van der Waals surface area contributed by atoms with E-state index < -0.39 is 10.8 Å². The van der Waals surface area contributed by atoms with Crippen LogP contribution in [0.2, 0.25) is 0 Å². The Balaban J connectivity index is 1.91. The molecule has 5 heteroatoms. The first-order valence-electron chi connectivity index (χ1n) is 6.87. The van der Waals surface area contributed by atoms with Crippen LogP contribution in [0.3, 0.4) is 0 Å². The molecular formula is C13H26N2O2S. The molecule has 0 aromatic rings. The molecule has 0 aromatic carbocycles. The van der Waals surface area contributed by atoms with Crippen molar-refractivity contribution in [3.05, 3.63) is 0 Å². The molecule has 2 unspecified atom stereocenters. The smallest absolute Gasteiger partial charge is 0.0662 e. The highest BCUT2D eigenvalue weighted by Crippen LogP contribution is 2.50. The highest BCUT2D eigenvalue weighted by Gasteiger charge is 2.58. The zero-order valence-corrected chi connectivity index (χ0v) is 12.6. The first kappa shape index (κ1) is 14.4. The van der Waals surface area contributed by atoms with E-state index in [9.17, 15) is 4.21 Å². The Labute approximate surface area is 113 Å². The van der Waals surface area contributed by atoms with Crippen LogP contribution in [0, 0.1) is 5.41 Å². The molecule has 0 spiro atoms. The summed E-state index contributed by atoms with van der Waals surface area (Å²) >= 11 is 0. The van der Waals surface area contributed by atoms with Gasteiger partial charge in [-0.05, 0) is 13.3 Å². The van der Waals surface area contributed by atoms with Gasteiger partial charge in [-0.3, -0.25) is 9.11 Å². The van der Waals surface area contributed by atoms with Crippen LogP contribution in [-0.2, 0) is 15.5 Å². The average molecular weight is 274 g/mol. The van der Waals surface area contributed by atoms with Crippen molar-refractivity contribution in [3.63, 3.8) is 0 Å². The zero-order chi connectivity index (χ0) is 13.4. The first-order valence-corrected chi connectivity index (χ1v) is 8.35. The van der Waals surface area contributed by atoms with Gasteiger partial charge in [0.2, 0.25) is 0 Å². The average Bonchev–Trinajstić information content (AvgIpc) is 2.32. The Bertz CT molecular complexity index is 325. The molecule has 2 rings (SSSR count). The van der Waals surface area contributed by atoms with Gasteiger partial charge < -0.3 is 10.5 Å². The van der Waals surface area contributed by atoms with E-state index in [-0.39, 0.29) is 17.1 Å². The SMILES string of the molecule is CCOC1CC(N)(CN2CCS(=O)CC2)C1(C)C. The van der Waals surface area contributed by atoms with E-state index in [4.69, 9.17) is 10.5 Å². The summed E-state index contributed by atoms with van der Waals surface area (Å²) in [4.78, 5) is 2.37. The van der Waals surface area contributed by atoms with Crippen molar-refractivity contribution >= 4 is 10.8 Å². The summed E-state index contributed by atoms with van der Waals surface area (Å²) in [7, 11) is -0.610. The minimum absolute atomic E-state index is 0.0274. The quantitative estimate of drug-likeness (QED) is 0.815. The van der Waals surface area contributed by atoms with Crippen molar-refractivity contribution in [3.8, 4) is 0 Å². The van der Waals surface area contributed by atoms with E-state index in [0.717, 1.165) is 44.2 Å². The maximum absolute atomic E-state index is 11.4. The largest absolute Gasteiger partial charge is 0.378 e. The fraction of sp³-hybridized carbons (Fsp3) is 1.00. The summed E-state index contributed by atoms with van der Waals surface area (Å²) in [6.45, 7) is 9.94. The maximum Gasteiger partial charge on any atom is 0.0662 e. The lowest BCUT2D eigenvalue weighted by Crippen LogP contribution is -2.74. The summed E-state index contributed by atoms with van der Waals surface area (Å²) in [5.41, 5.74) is 6.44.